The summed E-state index contributed by atoms with van der Waals surface area (Å²) in [4.78, 5) is 11.6. The third-order valence-electron chi connectivity index (χ3n) is 3.11. The number of benzene rings is 1. The minimum absolute atomic E-state index is 0.322. The van der Waals surface area contributed by atoms with Crippen LogP contribution in [0, 0.1) is 6.92 Å². The van der Waals surface area contributed by atoms with Gasteiger partial charge in [0.25, 0.3) is 0 Å². The van der Waals surface area contributed by atoms with Gasteiger partial charge in [-0.1, -0.05) is 25.1 Å². The summed E-state index contributed by atoms with van der Waals surface area (Å²) >= 11 is 0. The fourth-order valence-electron chi connectivity index (χ4n) is 1.93. The highest BCUT2D eigenvalue weighted by molar-refractivity contribution is 5.91. The van der Waals surface area contributed by atoms with Crippen LogP contribution < -0.4 is 4.74 Å². The number of unbranched alkanes of at least 4 members (excludes halogenated alkanes) is 2. The summed E-state index contributed by atoms with van der Waals surface area (Å²) in [6.07, 6.45) is 8.71. The average molecular weight is 276 g/mol. The Morgan fingerprint density at radius 2 is 2.05 bits per heavy atom. The molecule has 0 aromatic heterocycles. The lowest BCUT2D eigenvalue weighted by Gasteiger charge is -2.11. The van der Waals surface area contributed by atoms with E-state index in [2.05, 4.69) is 19.1 Å². The third-order valence-corrected chi connectivity index (χ3v) is 3.11. The molecule has 0 amide bonds. The van der Waals surface area contributed by atoms with Crippen molar-refractivity contribution in [2.75, 3.05) is 13.7 Å². The fourth-order valence-corrected chi connectivity index (χ4v) is 1.93. The van der Waals surface area contributed by atoms with Gasteiger partial charge in [0.1, 0.15) is 5.75 Å². The largest absolute Gasteiger partial charge is 0.493 e. The number of rotatable bonds is 8. The molecule has 0 atom stereocenters. The maximum atomic E-state index is 11.6. The van der Waals surface area contributed by atoms with Crippen molar-refractivity contribution in [1.82, 2.24) is 0 Å². The second-order valence-electron chi connectivity index (χ2n) is 4.64. The van der Waals surface area contributed by atoms with Gasteiger partial charge < -0.3 is 9.47 Å². The summed E-state index contributed by atoms with van der Waals surface area (Å²) in [5.74, 6) is 0.439. The molecule has 0 aliphatic carbocycles. The van der Waals surface area contributed by atoms with Crippen molar-refractivity contribution in [3.63, 3.8) is 0 Å². The van der Waals surface area contributed by atoms with E-state index in [0.717, 1.165) is 37.0 Å². The van der Waals surface area contributed by atoms with E-state index in [4.69, 9.17) is 9.47 Å². The van der Waals surface area contributed by atoms with Crippen LogP contribution in [0.5, 0.6) is 5.75 Å². The summed E-state index contributed by atoms with van der Waals surface area (Å²) in [6.45, 7) is 4.69. The number of carbonyl (C=O) groups is 1. The van der Waals surface area contributed by atoms with Gasteiger partial charge in [-0.3, -0.25) is 0 Å². The van der Waals surface area contributed by atoms with Crippen LogP contribution in [0.3, 0.4) is 0 Å². The molecule has 1 aromatic rings. The van der Waals surface area contributed by atoms with E-state index in [-0.39, 0.29) is 5.97 Å². The van der Waals surface area contributed by atoms with Crippen LogP contribution >= 0.6 is 0 Å². The Bertz CT molecular complexity index is 450. The first-order valence-electron chi connectivity index (χ1n) is 7.16. The predicted molar refractivity (Wildman–Crippen MR) is 81.3 cm³/mol. The van der Waals surface area contributed by atoms with Crippen LogP contribution in [0.2, 0.25) is 0 Å². The maximum Gasteiger partial charge on any atom is 0.338 e. The second kappa shape index (κ2) is 9.18. The number of carbonyl (C=O) groups excluding carboxylic acids is 1. The second-order valence-corrected chi connectivity index (χ2v) is 4.64. The van der Waals surface area contributed by atoms with Gasteiger partial charge in [0.05, 0.1) is 19.3 Å². The Kier molecular flexibility index (Phi) is 7.48. The SMILES string of the molecule is CC/C=C\CCCCOc1cccc(C(=O)OC)c1C. The third kappa shape index (κ3) is 5.08. The number of ether oxygens (including phenoxy) is 2. The minimum Gasteiger partial charge on any atom is -0.493 e. The van der Waals surface area contributed by atoms with E-state index in [1.807, 2.05) is 19.1 Å². The lowest BCUT2D eigenvalue weighted by Crippen LogP contribution is -2.06. The lowest BCUT2D eigenvalue weighted by atomic mass is 10.1. The smallest absolute Gasteiger partial charge is 0.338 e. The van der Waals surface area contributed by atoms with Crippen molar-refractivity contribution in [2.24, 2.45) is 0 Å². The van der Waals surface area contributed by atoms with E-state index < -0.39 is 0 Å². The summed E-state index contributed by atoms with van der Waals surface area (Å²) in [7, 11) is 1.39. The van der Waals surface area contributed by atoms with Crippen molar-refractivity contribution >= 4 is 5.97 Å². The van der Waals surface area contributed by atoms with Gasteiger partial charge in [-0.15, -0.1) is 0 Å². The quantitative estimate of drug-likeness (QED) is 0.403. The molecule has 0 radical (unpaired) electrons. The molecule has 0 saturated heterocycles. The number of allylic oxidation sites excluding steroid dienone is 2. The van der Waals surface area contributed by atoms with Crippen molar-refractivity contribution in [3.05, 3.63) is 41.5 Å². The van der Waals surface area contributed by atoms with Gasteiger partial charge in [0, 0.05) is 5.56 Å². The zero-order chi connectivity index (χ0) is 14.8. The van der Waals surface area contributed by atoms with Crippen LogP contribution in [-0.4, -0.2) is 19.7 Å². The zero-order valence-electron chi connectivity index (χ0n) is 12.6. The molecule has 20 heavy (non-hydrogen) atoms. The van der Waals surface area contributed by atoms with Crippen LogP contribution in [-0.2, 0) is 4.74 Å². The molecule has 0 heterocycles. The molecule has 0 bridgehead atoms. The van der Waals surface area contributed by atoms with E-state index in [9.17, 15) is 4.79 Å². The fraction of sp³-hybridized carbons (Fsp3) is 0.471. The van der Waals surface area contributed by atoms with Crippen LogP contribution in [0.15, 0.2) is 30.4 Å². The number of esters is 1. The van der Waals surface area contributed by atoms with Gasteiger partial charge >= 0.3 is 5.97 Å². The van der Waals surface area contributed by atoms with Crippen molar-refractivity contribution in [2.45, 2.75) is 39.5 Å². The molecule has 0 aliphatic rings. The predicted octanol–water partition coefficient (Wildman–Crippen LogP) is 4.30. The highest BCUT2D eigenvalue weighted by Gasteiger charge is 2.12. The van der Waals surface area contributed by atoms with Gasteiger partial charge in [-0.2, -0.15) is 0 Å². The first-order valence-corrected chi connectivity index (χ1v) is 7.16. The monoisotopic (exact) mass is 276 g/mol. The molecule has 110 valence electrons. The van der Waals surface area contributed by atoms with Gasteiger partial charge in [0.15, 0.2) is 0 Å². The molecular weight excluding hydrogens is 252 g/mol. The molecule has 0 saturated carbocycles. The van der Waals surface area contributed by atoms with Crippen LogP contribution in [0.4, 0.5) is 0 Å². The average Bonchev–Trinajstić information content (AvgIpc) is 2.47. The van der Waals surface area contributed by atoms with E-state index in [0.29, 0.717) is 12.2 Å². The Labute approximate surface area is 121 Å². The zero-order valence-corrected chi connectivity index (χ0v) is 12.6. The molecule has 0 spiro atoms. The molecule has 1 aromatic carbocycles. The minimum atomic E-state index is -0.322. The molecule has 1 rings (SSSR count). The summed E-state index contributed by atoms with van der Waals surface area (Å²) in [6, 6.07) is 5.46. The van der Waals surface area contributed by atoms with E-state index in [1.54, 1.807) is 6.07 Å². The summed E-state index contributed by atoms with van der Waals surface area (Å²) in [5, 5.41) is 0. The van der Waals surface area contributed by atoms with Crippen molar-refractivity contribution in [3.8, 4) is 5.75 Å². The van der Waals surface area contributed by atoms with E-state index >= 15 is 0 Å². The highest BCUT2D eigenvalue weighted by Crippen LogP contribution is 2.22. The first-order chi connectivity index (χ1) is 9.70. The Morgan fingerprint density at radius 1 is 1.25 bits per heavy atom. The van der Waals surface area contributed by atoms with E-state index in [1.165, 1.54) is 7.11 Å². The molecule has 0 aliphatic heterocycles. The molecule has 3 nitrogen and oxygen atoms in total. The highest BCUT2D eigenvalue weighted by atomic mass is 16.5. The molecule has 0 unspecified atom stereocenters. The first kappa shape index (κ1) is 16.3. The molecule has 0 N–H and O–H groups in total. The molecular formula is C17H24O3. The van der Waals surface area contributed by atoms with Gasteiger partial charge in [0.2, 0.25) is 0 Å². The molecule has 3 heteroatoms. The van der Waals surface area contributed by atoms with Crippen molar-refractivity contribution in [1.29, 1.82) is 0 Å². The molecule has 0 fully saturated rings. The number of methoxy groups -OCH3 is 1. The Hall–Kier alpha value is -1.77. The van der Waals surface area contributed by atoms with Gasteiger partial charge in [-0.05, 0) is 44.7 Å². The summed E-state index contributed by atoms with van der Waals surface area (Å²) in [5.41, 5.74) is 1.40. The topological polar surface area (TPSA) is 35.5 Å². The standard InChI is InChI=1S/C17H24O3/c1-4-5-6-7-8-9-13-20-16-12-10-11-15(14(16)2)17(18)19-3/h5-6,10-12H,4,7-9,13H2,1-3H3/b6-5-. The summed E-state index contributed by atoms with van der Waals surface area (Å²) < 4.78 is 10.5. The lowest BCUT2D eigenvalue weighted by molar-refractivity contribution is 0.0599. The Morgan fingerprint density at radius 3 is 2.75 bits per heavy atom. The normalized spacial score (nSPS) is 10.8. The van der Waals surface area contributed by atoms with Crippen LogP contribution in [0.1, 0.15) is 48.5 Å². The maximum absolute atomic E-state index is 11.6. The van der Waals surface area contributed by atoms with Crippen molar-refractivity contribution < 1.29 is 14.3 Å². The number of hydrogen-bond donors (Lipinski definition) is 0. The van der Waals surface area contributed by atoms with Crippen LogP contribution in [0.25, 0.3) is 0 Å². The Balaban J connectivity index is 2.44. The number of hydrogen-bond acceptors (Lipinski definition) is 3. The van der Waals surface area contributed by atoms with Gasteiger partial charge in [-0.25, -0.2) is 4.79 Å².